The molecule has 2 aromatic carbocycles. The number of anilines is 1. The zero-order valence-corrected chi connectivity index (χ0v) is 43.7. The number of non-ortho nitro benzene ring substituents is 1. The van der Waals surface area contributed by atoms with Crippen LogP contribution in [-0.2, 0) is 42.4 Å². The number of aromatic nitrogens is 4. The van der Waals surface area contributed by atoms with Crippen LogP contribution >= 0.6 is 0 Å². The summed E-state index contributed by atoms with van der Waals surface area (Å²) in [5.41, 5.74) is -1.05. The summed E-state index contributed by atoms with van der Waals surface area (Å²) >= 11 is 0. The molecule has 1 saturated carbocycles. The Kier molecular flexibility index (Phi) is 16.3. The molecule has 22 nitrogen and oxygen atoms in total. The SMILES string of the molecule is COc1ccc(-c2ccc(CNC(=O)CC(C)(C)OCCC(C)(C)n3cc(CC(C)(C)OCCC(C)(C)Nc4ccc([N+](=O)[O-])cc4[N+](=O)[O-])nn3)o2)c2[nH]cc(C(=O)C(=O)N3CCN(C(=O)C4CCC4)CC3)c12. The minimum atomic E-state index is -0.800. The number of nitro groups is 2. The highest BCUT2D eigenvalue weighted by molar-refractivity contribution is 6.45. The zero-order chi connectivity index (χ0) is 53.8. The Balaban J connectivity index is 0.857. The Labute approximate surface area is 429 Å². The van der Waals surface area contributed by atoms with E-state index in [0.29, 0.717) is 79.3 Å². The van der Waals surface area contributed by atoms with Crippen LogP contribution in [0.5, 0.6) is 5.75 Å². The van der Waals surface area contributed by atoms with Crippen molar-refractivity contribution in [3.05, 3.63) is 92.1 Å². The molecule has 1 aliphatic carbocycles. The number of Topliss-reactive ketones (excluding diaryl/α,β-unsaturated/α-hetero) is 1. The second-order valence-corrected chi connectivity index (χ2v) is 21.6. The van der Waals surface area contributed by atoms with Crippen molar-refractivity contribution < 1.29 is 47.7 Å². The lowest BCUT2D eigenvalue weighted by atomic mass is 9.84. The van der Waals surface area contributed by atoms with E-state index in [1.165, 1.54) is 30.3 Å². The minimum absolute atomic E-state index is 0.0772. The number of piperazine rings is 1. The highest BCUT2D eigenvalue weighted by Crippen LogP contribution is 2.38. The van der Waals surface area contributed by atoms with E-state index in [2.05, 4.69) is 25.9 Å². The van der Waals surface area contributed by atoms with Crippen LogP contribution < -0.4 is 15.4 Å². The Morgan fingerprint density at radius 3 is 2.22 bits per heavy atom. The van der Waals surface area contributed by atoms with Gasteiger partial charge in [0.1, 0.15) is 23.0 Å². The summed E-state index contributed by atoms with van der Waals surface area (Å²) in [5.74, 6) is 0.0592. The number of carbonyl (C=O) groups excluding carboxylic acids is 4. The zero-order valence-electron chi connectivity index (χ0n) is 43.7. The van der Waals surface area contributed by atoms with Gasteiger partial charge in [-0.1, -0.05) is 11.6 Å². The van der Waals surface area contributed by atoms with E-state index in [1.54, 1.807) is 33.8 Å². The van der Waals surface area contributed by atoms with Crippen molar-refractivity contribution in [3.63, 3.8) is 0 Å². The maximum Gasteiger partial charge on any atom is 0.299 e. The molecule has 22 heteroatoms. The van der Waals surface area contributed by atoms with Gasteiger partial charge in [0.15, 0.2) is 0 Å². The summed E-state index contributed by atoms with van der Waals surface area (Å²) in [7, 11) is 1.49. The van der Waals surface area contributed by atoms with Crippen molar-refractivity contribution in [2.24, 2.45) is 5.92 Å². The molecule has 1 saturated heterocycles. The number of furan rings is 1. The molecule has 0 spiro atoms. The Morgan fingerprint density at radius 1 is 0.865 bits per heavy atom. The average molecular weight is 1030 g/mol. The molecule has 3 N–H and O–H groups in total. The maximum absolute atomic E-state index is 13.7. The third-order valence-electron chi connectivity index (χ3n) is 13.8. The van der Waals surface area contributed by atoms with Crippen molar-refractivity contribution in [2.45, 2.75) is 129 Å². The highest BCUT2D eigenvalue weighted by atomic mass is 16.6. The molecule has 5 aromatic rings. The topological polar surface area (TPSA) is 272 Å². The second kappa shape index (κ2) is 22.1. The van der Waals surface area contributed by atoms with Crippen molar-refractivity contribution in [1.82, 2.24) is 35.1 Å². The third kappa shape index (κ3) is 13.1. The normalized spacial score (nSPS) is 14.7. The van der Waals surface area contributed by atoms with Gasteiger partial charge in [0.25, 0.3) is 23.1 Å². The summed E-state index contributed by atoms with van der Waals surface area (Å²) in [5, 5.41) is 38.1. The summed E-state index contributed by atoms with van der Waals surface area (Å²) in [6.45, 7) is 17.5. The monoisotopic (exact) mass is 1020 g/mol. The lowest BCUT2D eigenvalue weighted by Crippen LogP contribution is -2.53. The van der Waals surface area contributed by atoms with E-state index in [1.807, 2.05) is 61.6 Å². The van der Waals surface area contributed by atoms with Gasteiger partial charge in [-0.25, -0.2) is 4.68 Å². The molecule has 74 heavy (non-hydrogen) atoms. The van der Waals surface area contributed by atoms with Gasteiger partial charge in [-0.05, 0) is 111 Å². The molecule has 7 rings (SSSR count). The first-order valence-electron chi connectivity index (χ1n) is 24.9. The second-order valence-electron chi connectivity index (χ2n) is 21.6. The molecule has 3 amide bonds. The first-order valence-corrected chi connectivity index (χ1v) is 24.9. The van der Waals surface area contributed by atoms with Gasteiger partial charge in [-0.3, -0.25) is 39.4 Å². The van der Waals surface area contributed by atoms with Crippen LogP contribution in [0.25, 0.3) is 22.2 Å². The first-order chi connectivity index (χ1) is 34.9. The van der Waals surface area contributed by atoms with Crippen molar-refractivity contribution >= 4 is 51.5 Å². The number of H-pyrrole nitrogens is 1. The molecule has 398 valence electrons. The number of methoxy groups -OCH3 is 1. The molecule has 2 aliphatic rings. The summed E-state index contributed by atoms with van der Waals surface area (Å²) in [4.78, 5) is 81.1. The number of aromatic amines is 1. The molecule has 0 unspecified atom stereocenters. The van der Waals surface area contributed by atoms with Crippen LogP contribution in [0.2, 0.25) is 0 Å². The Morgan fingerprint density at radius 2 is 1.55 bits per heavy atom. The molecule has 1 aliphatic heterocycles. The van der Waals surface area contributed by atoms with E-state index in [4.69, 9.17) is 18.6 Å². The predicted molar refractivity (Wildman–Crippen MR) is 274 cm³/mol. The number of nitro benzene ring substituents is 2. The van der Waals surface area contributed by atoms with Crippen LogP contribution in [0.15, 0.2) is 59.3 Å². The number of carbonyl (C=O) groups is 4. The van der Waals surface area contributed by atoms with Crippen molar-refractivity contribution in [3.8, 4) is 17.1 Å². The fourth-order valence-corrected chi connectivity index (χ4v) is 9.13. The number of benzene rings is 2. The standard InChI is InChI=1S/C52H68N10O12/c1-49(2,55-39-16-13-35(61(67)68)27-40(39)62(69)70)19-25-72-51(5,6)28-34-32-60(57-56-34)50(3,4)20-26-73-52(7,8)29-43(63)53-30-36-14-17-41(74-36)37-15-18-42(71-9)44-38(31-54-45(37)44)46(64)48(66)59-23-21-58(22-24-59)47(65)33-11-10-12-33/h13-18,27,31-33,54-55H,10-12,19-26,28-30H2,1-9H3,(H,53,63). The van der Waals surface area contributed by atoms with Gasteiger partial charge in [-0.15, -0.1) is 5.10 Å². The number of hydrogen-bond acceptors (Lipinski definition) is 15. The number of rotatable bonds is 24. The molecule has 0 atom stereocenters. The van der Waals surface area contributed by atoms with Crippen LogP contribution in [0.3, 0.4) is 0 Å². The van der Waals surface area contributed by atoms with Gasteiger partial charge >= 0.3 is 0 Å². The third-order valence-corrected chi connectivity index (χ3v) is 13.8. The van der Waals surface area contributed by atoms with Crippen LogP contribution in [0, 0.1) is 26.1 Å². The van der Waals surface area contributed by atoms with Gasteiger partial charge in [0.05, 0.1) is 74.9 Å². The van der Waals surface area contributed by atoms with Gasteiger partial charge in [0, 0.05) is 81.3 Å². The molecule has 2 fully saturated rings. The summed E-state index contributed by atoms with van der Waals surface area (Å²) in [6, 6.07) is 10.6. The summed E-state index contributed by atoms with van der Waals surface area (Å²) < 4.78 is 26.1. The van der Waals surface area contributed by atoms with Crippen LogP contribution in [-0.4, -0.2) is 126 Å². The molecule has 3 aromatic heterocycles. The van der Waals surface area contributed by atoms with Crippen molar-refractivity contribution in [2.75, 3.05) is 51.8 Å². The van der Waals surface area contributed by atoms with E-state index < -0.39 is 43.8 Å². The van der Waals surface area contributed by atoms with E-state index in [9.17, 15) is 39.4 Å². The molecule has 0 bridgehead atoms. The number of nitrogens with zero attached hydrogens (tertiary/aromatic N) is 7. The lowest BCUT2D eigenvalue weighted by Gasteiger charge is -2.38. The highest BCUT2D eigenvalue weighted by Gasteiger charge is 2.35. The number of ether oxygens (including phenoxy) is 3. The maximum atomic E-state index is 13.7. The van der Waals surface area contributed by atoms with Crippen LogP contribution in [0.1, 0.15) is 116 Å². The lowest BCUT2D eigenvalue weighted by molar-refractivity contribution is -0.393. The molecular weight excluding hydrogens is 957 g/mol. The first kappa shape index (κ1) is 54.6. The van der Waals surface area contributed by atoms with E-state index in [0.717, 1.165) is 31.0 Å². The Hall–Kier alpha value is -7.20. The average Bonchev–Trinajstić information content (AvgIpc) is 4.10. The number of fused-ring (bicyclic) bond motifs is 1. The quantitative estimate of drug-likeness (QED) is 0.0231. The van der Waals surface area contributed by atoms with E-state index >= 15 is 0 Å². The number of amides is 3. The van der Waals surface area contributed by atoms with Gasteiger partial charge in [0.2, 0.25) is 11.8 Å². The Bertz CT molecular complexity index is 2890. The molecular formula is C52H68N10O12. The summed E-state index contributed by atoms with van der Waals surface area (Å²) in [6.07, 6.45) is 7.85. The number of nitrogens with one attached hydrogen (secondary N) is 3. The smallest absolute Gasteiger partial charge is 0.299 e. The van der Waals surface area contributed by atoms with Crippen LogP contribution in [0.4, 0.5) is 17.1 Å². The fraction of sp³-hybridized carbons (Fsp3) is 0.538. The number of hydrogen-bond donors (Lipinski definition) is 3. The number of ketones is 1. The minimum Gasteiger partial charge on any atom is -0.496 e. The van der Waals surface area contributed by atoms with Crippen molar-refractivity contribution in [1.29, 1.82) is 0 Å². The fourth-order valence-electron chi connectivity index (χ4n) is 9.13. The van der Waals surface area contributed by atoms with Gasteiger partial charge in [-0.2, -0.15) is 0 Å². The predicted octanol–water partition coefficient (Wildman–Crippen LogP) is 7.74. The van der Waals surface area contributed by atoms with Gasteiger partial charge < -0.3 is 44.0 Å². The van der Waals surface area contributed by atoms with E-state index in [-0.39, 0.29) is 66.4 Å². The largest absolute Gasteiger partial charge is 0.496 e. The molecule has 4 heterocycles. The molecule has 0 radical (unpaired) electrons.